The van der Waals surface area contributed by atoms with Crippen molar-refractivity contribution < 1.29 is 42.1 Å². The van der Waals surface area contributed by atoms with Crippen LogP contribution >= 0.6 is 7.82 Å². The molecule has 0 bridgehead atoms. The standard InChI is InChI=1S/C52H88NO8P/c1-6-8-10-12-14-16-18-20-22-23-24-25-26-27-28-29-31-33-35-37-39-41-43-45-52(55)61-50(49-60-62(56,57)59-47-46-53(3,4)5)48-58-51(54)44-42-40-38-36-34-32-30-21-19-17-15-13-11-9-7-2/h8-11,14-17,20-22,24-25,27-28,30,50H,6-7,12-13,18-19,23,26,29,31-49H2,1-5H3/b10-8-,11-9-,16-14-,17-15-,22-20-,25-24-,28-27-,30-21-. The molecule has 0 aliphatic rings. The van der Waals surface area contributed by atoms with Crippen LogP contribution in [0.5, 0.6) is 0 Å². The lowest BCUT2D eigenvalue weighted by atomic mass is 10.1. The van der Waals surface area contributed by atoms with E-state index in [0.717, 1.165) is 109 Å². The van der Waals surface area contributed by atoms with E-state index >= 15 is 0 Å². The smallest absolute Gasteiger partial charge is 0.306 e. The van der Waals surface area contributed by atoms with Gasteiger partial charge in [-0.3, -0.25) is 14.2 Å². The Morgan fingerprint density at radius 1 is 0.500 bits per heavy atom. The lowest BCUT2D eigenvalue weighted by Crippen LogP contribution is -2.37. The largest absolute Gasteiger partial charge is 0.756 e. The van der Waals surface area contributed by atoms with Crippen LogP contribution in [0.4, 0.5) is 0 Å². The summed E-state index contributed by atoms with van der Waals surface area (Å²) >= 11 is 0. The molecule has 0 saturated carbocycles. The highest BCUT2D eigenvalue weighted by atomic mass is 31.2. The first-order chi connectivity index (χ1) is 30.0. The number of phosphoric acid groups is 1. The highest BCUT2D eigenvalue weighted by Gasteiger charge is 2.21. The number of ether oxygens (including phenoxy) is 2. The molecule has 0 radical (unpaired) electrons. The Labute approximate surface area is 379 Å². The van der Waals surface area contributed by atoms with Crippen LogP contribution < -0.4 is 4.89 Å². The zero-order chi connectivity index (χ0) is 45.7. The average Bonchev–Trinajstić information content (AvgIpc) is 3.23. The number of esters is 2. The molecule has 0 aromatic rings. The maximum Gasteiger partial charge on any atom is 0.306 e. The summed E-state index contributed by atoms with van der Waals surface area (Å²) in [6.45, 7) is 3.95. The van der Waals surface area contributed by atoms with Gasteiger partial charge < -0.3 is 27.9 Å². The van der Waals surface area contributed by atoms with Crippen molar-refractivity contribution in [3.05, 3.63) is 97.2 Å². The Morgan fingerprint density at radius 3 is 1.29 bits per heavy atom. The topological polar surface area (TPSA) is 111 Å². The van der Waals surface area contributed by atoms with Gasteiger partial charge in [0.1, 0.15) is 19.8 Å². The minimum Gasteiger partial charge on any atom is -0.756 e. The predicted molar refractivity (Wildman–Crippen MR) is 259 cm³/mol. The molecule has 10 heteroatoms. The third-order valence-electron chi connectivity index (χ3n) is 9.60. The van der Waals surface area contributed by atoms with Gasteiger partial charge in [-0.1, -0.05) is 162 Å². The number of hydrogen-bond donors (Lipinski definition) is 0. The van der Waals surface area contributed by atoms with Gasteiger partial charge in [-0.2, -0.15) is 0 Å². The number of nitrogens with zero attached hydrogens (tertiary/aromatic N) is 1. The van der Waals surface area contributed by atoms with Gasteiger partial charge in [0.2, 0.25) is 0 Å². The fraction of sp³-hybridized carbons (Fsp3) is 0.654. The molecule has 354 valence electrons. The molecule has 0 aromatic carbocycles. The van der Waals surface area contributed by atoms with Crippen LogP contribution in [0, 0.1) is 0 Å². The van der Waals surface area contributed by atoms with Crippen LogP contribution in [0.2, 0.25) is 0 Å². The molecule has 0 heterocycles. The summed E-state index contributed by atoms with van der Waals surface area (Å²) in [5.74, 6) is -0.876. The lowest BCUT2D eigenvalue weighted by molar-refractivity contribution is -0.870. The molecule has 0 aromatic heterocycles. The molecule has 2 atom stereocenters. The SMILES string of the molecule is CC/C=C\C/C=C\C/C=C\C/C=C\C/C=C\CCCCCCCCCC(=O)OC(COC(=O)CCCCCCC/C=C\C/C=C\C/C=C\CC)COP(=O)([O-])OCC[N+](C)(C)C. The molecule has 0 fully saturated rings. The van der Waals surface area contributed by atoms with E-state index in [2.05, 4.69) is 111 Å². The summed E-state index contributed by atoms with van der Waals surface area (Å²) in [4.78, 5) is 37.6. The summed E-state index contributed by atoms with van der Waals surface area (Å²) < 4.78 is 33.9. The number of carbonyl (C=O) groups is 2. The van der Waals surface area contributed by atoms with Crippen LogP contribution in [-0.2, 0) is 32.7 Å². The molecular weight excluding hydrogens is 798 g/mol. The molecule has 62 heavy (non-hydrogen) atoms. The Hall–Kier alpha value is -3.07. The fourth-order valence-corrected chi connectivity index (χ4v) is 6.66. The number of quaternary nitrogens is 1. The van der Waals surface area contributed by atoms with E-state index in [0.29, 0.717) is 23.9 Å². The zero-order valence-electron chi connectivity index (χ0n) is 39.8. The van der Waals surface area contributed by atoms with Gasteiger partial charge in [0.15, 0.2) is 6.10 Å². The van der Waals surface area contributed by atoms with E-state index in [1.165, 1.54) is 19.3 Å². The monoisotopic (exact) mass is 886 g/mol. The first-order valence-electron chi connectivity index (χ1n) is 23.9. The van der Waals surface area contributed by atoms with Gasteiger partial charge in [-0.05, 0) is 89.9 Å². The van der Waals surface area contributed by atoms with Crippen molar-refractivity contribution in [1.29, 1.82) is 0 Å². The maximum absolute atomic E-state index is 12.7. The second kappa shape index (κ2) is 43.2. The summed E-state index contributed by atoms with van der Waals surface area (Å²) in [7, 11) is 1.13. The number of allylic oxidation sites excluding steroid dienone is 16. The molecule has 2 unspecified atom stereocenters. The minimum atomic E-state index is -4.64. The van der Waals surface area contributed by atoms with Crippen molar-refractivity contribution in [3.63, 3.8) is 0 Å². The molecule has 9 nitrogen and oxygen atoms in total. The fourth-order valence-electron chi connectivity index (χ4n) is 5.93. The average molecular weight is 886 g/mol. The summed E-state index contributed by atoms with van der Waals surface area (Å²) in [6.07, 6.45) is 57.2. The van der Waals surface area contributed by atoms with E-state index in [-0.39, 0.29) is 26.1 Å². The van der Waals surface area contributed by atoms with Gasteiger partial charge in [-0.15, -0.1) is 0 Å². The van der Waals surface area contributed by atoms with Gasteiger partial charge in [0.25, 0.3) is 7.82 Å². The van der Waals surface area contributed by atoms with Crippen LogP contribution in [0.1, 0.15) is 168 Å². The highest BCUT2D eigenvalue weighted by molar-refractivity contribution is 7.45. The van der Waals surface area contributed by atoms with E-state index in [1.54, 1.807) is 0 Å². The Balaban J connectivity index is 4.35. The Bertz CT molecular complexity index is 1370. The summed E-state index contributed by atoms with van der Waals surface area (Å²) in [5.41, 5.74) is 0. The second-order valence-electron chi connectivity index (χ2n) is 16.7. The van der Waals surface area contributed by atoms with Gasteiger partial charge in [-0.25, -0.2) is 0 Å². The van der Waals surface area contributed by atoms with E-state index in [9.17, 15) is 19.0 Å². The number of phosphoric ester groups is 1. The van der Waals surface area contributed by atoms with Crippen molar-refractivity contribution in [1.82, 2.24) is 0 Å². The van der Waals surface area contributed by atoms with Crippen LogP contribution in [0.3, 0.4) is 0 Å². The van der Waals surface area contributed by atoms with Crippen molar-refractivity contribution in [2.24, 2.45) is 0 Å². The molecule has 0 rings (SSSR count). The maximum atomic E-state index is 12.7. The highest BCUT2D eigenvalue weighted by Crippen LogP contribution is 2.38. The molecule has 0 N–H and O–H groups in total. The molecule has 0 amide bonds. The number of hydrogen-bond acceptors (Lipinski definition) is 8. The Morgan fingerprint density at radius 2 is 0.871 bits per heavy atom. The number of unbranched alkanes of at least 4 members (excludes halogenated alkanes) is 12. The van der Waals surface area contributed by atoms with Gasteiger partial charge in [0.05, 0.1) is 27.7 Å². The first kappa shape index (κ1) is 58.9. The summed E-state index contributed by atoms with van der Waals surface area (Å²) in [5, 5.41) is 0. The number of carbonyl (C=O) groups excluding carboxylic acids is 2. The number of rotatable bonds is 42. The Kier molecular flexibility index (Phi) is 41.1. The van der Waals surface area contributed by atoms with Gasteiger partial charge in [0, 0.05) is 12.8 Å². The quantitative estimate of drug-likeness (QED) is 0.0196. The van der Waals surface area contributed by atoms with E-state index < -0.39 is 32.5 Å². The van der Waals surface area contributed by atoms with Crippen molar-refractivity contribution >= 4 is 19.8 Å². The normalized spacial score (nSPS) is 14.4. The lowest BCUT2D eigenvalue weighted by Gasteiger charge is -2.28. The van der Waals surface area contributed by atoms with Crippen LogP contribution in [0.25, 0.3) is 0 Å². The predicted octanol–water partition coefficient (Wildman–Crippen LogP) is 13.5. The van der Waals surface area contributed by atoms with Gasteiger partial charge >= 0.3 is 11.9 Å². The first-order valence-corrected chi connectivity index (χ1v) is 25.4. The molecule has 0 saturated heterocycles. The van der Waals surface area contributed by atoms with Crippen molar-refractivity contribution in [3.8, 4) is 0 Å². The third-order valence-corrected chi connectivity index (χ3v) is 10.6. The summed E-state index contributed by atoms with van der Waals surface area (Å²) in [6, 6.07) is 0. The van der Waals surface area contributed by atoms with E-state index in [1.807, 2.05) is 21.1 Å². The molecular formula is C52H88NO8P. The minimum absolute atomic E-state index is 0.0419. The molecule has 0 aliphatic carbocycles. The second-order valence-corrected chi connectivity index (χ2v) is 18.1. The van der Waals surface area contributed by atoms with E-state index in [4.69, 9.17) is 18.5 Å². The van der Waals surface area contributed by atoms with Crippen LogP contribution in [-0.4, -0.2) is 70.0 Å². The third kappa shape index (κ3) is 46.4. The molecule has 0 spiro atoms. The molecule has 0 aliphatic heterocycles. The number of likely N-dealkylation sites (N-methyl/N-ethyl adjacent to an activating group) is 1. The zero-order valence-corrected chi connectivity index (χ0v) is 40.7. The van der Waals surface area contributed by atoms with Crippen LogP contribution in [0.15, 0.2) is 97.2 Å². The van der Waals surface area contributed by atoms with Crippen molar-refractivity contribution in [2.75, 3.05) is 47.5 Å². The van der Waals surface area contributed by atoms with Crippen molar-refractivity contribution in [2.45, 2.75) is 174 Å².